The molecule has 88 valence electrons. The van der Waals surface area contributed by atoms with E-state index in [0.29, 0.717) is 0 Å². The summed E-state index contributed by atoms with van der Waals surface area (Å²) in [6, 6.07) is 18.1. The molecule has 0 unspecified atom stereocenters. The fraction of sp³-hybridized carbons (Fsp3) is 0.143. The Morgan fingerprint density at radius 2 is 0.882 bits per heavy atom. The first-order valence-electron chi connectivity index (χ1n) is 5.31. The fourth-order valence-corrected chi connectivity index (χ4v) is 1.71. The van der Waals surface area contributed by atoms with Gasteiger partial charge in [0.2, 0.25) is 0 Å². The van der Waals surface area contributed by atoms with Gasteiger partial charge in [0.25, 0.3) is 0 Å². The minimum absolute atomic E-state index is 0. The van der Waals surface area contributed by atoms with Gasteiger partial charge >= 0.3 is 19.5 Å². The van der Waals surface area contributed by atoms with Crippen LogP contribution in [0.1, 0.15) is 23.2 Å². The smallest absolute Gasteiger partial charge is 0.672 e. The Labute approximate surface area is 115 Å². The largest absolute Gasteiger partial charge is 2.00 e. The zero-order valence-electron chi connectivity index (χ0n) is 9.28. The third-order valence-corrected chi connectivity index (χ3v) is 2.65. The Bertz CT molecular complexity index is 387. The maximum atomic E-state index is 8.07. The summed E-state index contributed by atoms with van der Waals surface area (Å²) in [7, 11) is 0. The normalized spacial score (nSPS) is 13.5. The van der Waals surface area contributed by atoms with Crippen molar-refractivity contribution < 1.29 is 19.5 Å². The molecule has 2 atom stereocenters. The Balaban J connectivity index is 0.00000144. The van der Waals surface area contributed by atoms with Crippen LogP contribution in [0.2, 0.25) is 0 Å². The Morgan fingerprint density at radius 1 is 0.588 bits per heavy atom. The minimum Gasteiger partial charge on any atom is -0.672 e. The van der Waals surface area contributed by atoms with Gasteiger partial charge in [0.05, 0.1) is 0 Å². The number of benzene rings is 2. The maximum absolute atomic E-state index is 8.07. The van der Waals surface area contributed by atoms with Crippen LogP contribution in [-0.2, 0) is 19.5 Å². The van der Waals surface area contributed by atoms with E-state index < -0.39 is 12.1 Å². The van der Waals surface area contributed by atoms with Crippen molar-refractivity contribution in [3.05, 3.63) is 83.3 Å². The standard InChI is InChI=1S/C14H14N2.Ru/c15-13(11-7-3-1-4-8-11)14(16)12-9-5-2-6-10-12;/h1-10,13-16H;/q-2;+2/t13-,14-;/m1./s1. The molecule has 0 amide bonds. The predicted molar refractivity (Wildman–Crippen MR) is 67.0 cm³/mol. The summed E-state index contributed by atoms with van der Waals surface area (Å²) in [5, 5.41) is 0. The van der Waals surface area contributed by atoms with Gasteiger partial charge in [-0.2, -0.15) is 0 Å². The van der Waals surface area contributed by atoms with E-state index in [2.05, 4.69) is 0 Å². The predicted octanol–water partition coefficient (Wildman–Crippen LogP) is 4.57. The molecule has 0 bridgehead atoms. The number of nitrogens with one attached hydrogen (secondary N) is 2. The molecule has 0 fully saturated rings. The van der Waals surface area contributed by atoms with Crippen LogP contribution >= 0.6 is 0 Å². The molecule has 2 aromatic carbocycles. The van der Waals surface area contributed by atoms with Gasteiger partial charge in [0.1, 0.15) is 0 Å². The summed E-state index contributed by atoms with van der Waals surface area (Å²) < 4.78 is 0. The zero-order chi connectivity index (χ0) is 11.4. The van der Waals surface area contributed by atoms with E-state index in [1.807, 2.05) is 60.7 Å². The number of rotatable bonds is 3. The molecule has 0 radical (unpaired) electrons. The molecule has 2 aromatic rings. The Kier molecular flexibility index (Phi) is 5.50. The summed E-state index contributed by atoms with van der Waals surface area (Å²) >= 11 is 0. The number of hydrogen-bond acceptors (Lipinski definition) is 0. The van der Waals surface area contributed by atoms with Crippen LogP contribution in [0.5, 0.6) is 0 Å². The molecule has 0 heterocycles. The van der Waals surface area contributed by atoms with E-state index >= 15 is 0 Å². The molecule has 2 N–H and O–H groups in total. The second kappa shape index (κ2) is 6.65. The Hall–Kier alpha value is -1.02. The van der Waals surface area contributed by atoms with E-state index in [0.717, 1.165) is 11.1 Å². The average molecular weight is 311 g/mol. The van der Waals surface area contributed by atoms with E-state index in [-0.39, 0.29) is 19.5 Å². The third kappa shape index (κ3) is 3.47. The van der Waals surface area contributed by atoms with E-state index in [1.54, 1.807) is 0 Å². The average Bonchev–Trinajstić information content (AvgIpc) is 2.39. The van der Waals surface area contributed by atoms with Crippen LogP contribution in [0.25, 0.3) is 11.5 Å². The Morgan fingerprint density at radius 3 is 1.18 bits per heavy atom. The van der Waals surface area contributed by atoms with Gasteiger partial charge in [-0.25, -0.2) is 0 Å². The van der Waals surface area contributed by atoms with Crippen LogP contribution < -0.4 is 0 Å². The van der Waals surface area contributed by atoms with Crippen LogP contribution in [0.4, 0.5) is 0 Å². The molecular formula is C14H14N2Ru. The molecule has 0 aliphatic heterocycles. The molecular weight excluding hydrogens is 297 g/mol. The van der Waals surface area contributed by atoms with E-state index in [4.69, 9.17) is 11.5 Å². The molecule has 2 rings (SSSR count). The minimum atomic E-state index is -0.524. The van der Waals surface area contributed by atoms with Gasteiger partial charge in [-0.15, -0.1) is 12.1 Å². The summed E-state index contributed by atoms with van der Waals surface area (Å²) in [6.07, 6.45) is 0. The van der Waals surface area contributed by atoms with Crippen molar-refractivity contribution in [3.8, 4) is 0 Å². The molecule has 0 aromatic heterocycles. The first kappa shape index (κ1) is 14.0. The molecule has 2 nitrogen and oxygen atoms in total. The van der Waals surface area contributed by atoms with Gasteiger partial charge in [-0.3, -0.25) is 0 Å². The number of hydrogen-bond donors (Lipinski definition) is 0. The van der Waals surface area contributed by atoms with Gasteiger partial charge in [0.15, 0.2) is 0 Å². The van der Waals surface area contributed by atoms with Crippen molar-refractivity contribution in [1.82, 2.24) is 0 Å². The fourth-order valence-electron chi connectivity index (χ4n) is 1.71. The SMILES string of the molecule is [NH-][C@H](c1ccccc1)[C@H]([NH-])c1ccccc1.[Ru+2]. The zero-order valence-corrected chi connectivity index (χ0v) is 11.0. The monoisotopic (exact) mass is 312 g/mol. The van der Waals surface area contributed by atoms with Gasteiger partial charge in [-0.05, 0) is 0 Å². The molecule has 0 saturated carbocycles. The topological polar surface area (TPSA) is 47.6 Å². The first-order valence-corrected chi connectivity index (χ1v) is 5.31. The molecule has 0 saturated heterocycles. The van der Waals surface area contributed by atoms with Crippen molar-refractivity contribution in [1.29, 1.82) is 0 Å². The van der Waals surface area contributed by atoms with Crippen molar-refractivity contribution in [2.24, 2.45) is 0 Å². The maximum Gasteiger partial charge on any atom is 2.00 e. The van der Waals surface area contributed by atoms with Gasteiger partial charge < -0.3 is 11.5 Å². The van der Waals surface area contributed by atoms with E-state index in [1.165, 1.54) is 0 Å². The van der Waals surface area contributed by atoms with Crippen molar-refractivity contribution in [3.63, 3.8) is 0 Å². The first-order chi connectivity index (χ1) is 7.79. The van der Waals surface area contributed by atoms with Crippen LogP contribution in [0, 0.1) is 0 Å². The molecule has 0 aliphatic carbocycles. The van der Waals surface area contributed by atoms with Crippen molar-refractivity contribution >= 4 is 0 Å². The van der Waals surface area contributed by atoms with Crippen molar-refractivity contribution in [2.45, 2.75) is 12.1 Å². The summed E-state index contributed by atoms with van der Waals surface area (Å²) in [5.41, 5.74) is 17.9. The van der Waals surface area contributed by atoms with E-state index in [9.17, 15) is 0 Å². The molecule has 17 heavy (non-hydrogen) atoms. The second-order valence-corrected chi connectivity index (χ2v) is 3.78. The molecule has 3 heteroatoms. The third-order valence-electron chi connectivity index (χ3n) is 2.65. The summed E-state index contributed by atoms with van der Waals surface area (Å²) in [5.74, 6) is 0. The molecule has 0 spiro atoms. The quantitative estimate of drug-likeness (QED) is 0.746. The van der Waals surface area contributed by atoms with Crippen molar-refractivity contribution in [2.75, 3.05) is 0 Å². The summed E-state index contributed by atoms with van der Waals surface area (Å²) in [6.45, 7) is 0. The van der Waals surface area contributed by atoms with Crippen LogP contribution in [0.15, 0.2) is 60.7 Å². The second-order valence-electron chi connectivity index (χ2n) is 3.78. The van der Waals surface area contributed by atoms with Gasteiger partial charge in [-0.1, -0.05) is 71.8 Å². The molecule has 0 aliphatic rings. The van der Waals surface area contributed by atoms with Crippen LogP contribution in [-0.4, -0.2) is 0 Å². The van der Waals surface area contributed by atoms with Gasteiger partial charge in [0, 0.05) is 0 Å². The van der Waals surface area contributed by atoms with Crippen LogP contribution in [0.3, 0.4) is 0 Å². The summed E-state index contributed by atoms with van der Waals surface area (Å²) in [4.78, 5) is 0.